The lowest BCUT2D eigenvalue weighted by atomic mass is 9.86. The average Bonchev–Trinajstić information content (AvgIpc) is 2.77. The lowest BCUT2D eigenvalue weighted by Crippen LogP contribution is -2.18. The molecule has 2 aromatic carbocycles. The summed E-state index contributed by atoms with van der Waals surface area (Å²) in [5.41, 5.74) is 3.41. The van der Waals surface area contributed by atoms with Gasteiger partial charge in [-0.15, -0.1) is 0 Å². The molecule has 1 fully saturated rings. The summed E-state index contributed by atoms with van der Waals surface area (Å²) < 4.78 is 0. The van der Waals surface area contributed by atoms with E-state index in [-0.39, 0.29) is 5.91 Å². The van der Waals surface area contributed by atoms with Gasteiger partial charge in [-0.2, -0.15) is 0 Å². The van der Waals surface area contributed by atoms with Crippen LogP contribution in [0, 0.1) is 5.92 Å². The first-order chi connectivity index (χ1) is 13.8. The Labute approximate surface area is 166 Å². The molecule has 0 bridgehead atoms. The van der Waals surface area contributed by atoms with Crippen molar-refractivity contribution in [3.05, 3.63) is 78.1 Å². The molecule has 0 saturated heterocycles. The van der Waals surface area contributed by atoms with Crippen LogP contribution in [0.1, 0.15) is 48.2 Å². The van der Waals surface area contributed by atoms with E-state index in [0.717, 1.165) is 23.4 Å². The molecule has 1 N–H and O–H groups in total. The molecular weight excluding hydrogens is 346 g/mol. The molecular formula is C24H25N3O. The van der Waals surface area contributed by atoms with E-state index in [2.05, 4.69) is 10.3 Å². The maximum atomic E-state index is 12.6. The molecule has 0 atom stereocenters. The lowest BCUT2D eigenvalue weighted by Gasteiger charge is -2.22. The minimum Gasteiger partial charge on any atom is -0.305 e. The number of benzene rings is 2. The number of rotatable bonds is 5. The minimum absolute atomic E-state index is 0.146. The van der Waals surface area contributed by atoms with Crippen molar-refractivity contribution in [2.75, 3.05) is 5.32 Å². The molecule has 1 aliphatic rings. The van der Waals surface area contributed by atoms with Crippen LogP contribution < -0.4 is 5.32 Å². The average molecular weight is 371 g/mol. The first-order valence-electron chi connectivity index (χ1n) is 10.1. The van der Waals surface area contributed by atoms with Gasteiger partial charge in [-0.1, -0.05) is 80.6 Å². The predicted octanol–water partition coefficient (Wildman–Crippen LogP) is 5.52. The number of nitrogens with one attached hydrogen (secondary N) is 1. The van der Waals surface area contributed by atoms with Crippen molar-refractivity contribution in [3.63, 3.8) is 0 Å². The summed E-state index contributed by atoms with van der Waals surface area (Å²) in [6.45, 7) is 0. The number of amides is 1. The quantitative estimate of drug-likeness (QED) is 0.642. The molecule has 28 heavy (non-hydrogen) atoms. The number of carbonyl (C=O) groups is 1. The third kappa shape index (κ3) is 4.45. The van der Waals surface area contributed by atoms with Gasteiger partial charge in [-0.05, 0) is 24.5 Å². The standard InChI is InChI=1S/C24H25N3O/c28-24(20-14-8-3-9-15-20)27-23-21(16-18-10-4-1-5-11-18)26-22(17-25-23)19-12-6-2-7-13-19/h2-3,6-9,12-15,17-18H,1,4-5,10-11,16H2,(H,25,27,28). The van der Waals surface area contributed by atoms with E-state index in [0.29, 0.717) is 17.3 Å². The molecule has 142 valence electrons. The first-order valence-corrected chi connectivity index (χ1v) is 10.1. The highest BCUT2D eigenvalue weighted by Gasteiger charge is 2.19. The summed E-state index contributed by atoms with van der Waals surface area (Å²) in [7, 11) is 0. The van der Waals surface area contributed by atoms with E-state index >= 15 is 0 Å². The minimum atomic E-state index is -0.146. The zero-order valence-electron chi connectivity index (χ0n) is 16.0. The largest absolute Gasteiger partial charge is 0.305 e. The summed E-state index contributed by atoms with van der Waals surface area (Å²) in [4.78, 5) is 22.1. The third-order valence-electron chi connectivity index (χ3n) is 5.39. The highest BCUT2D eigenvalue weighted by Crippen LogP contribution is 2.29. The van der Waals surface area contributed by atoms with Crippen molar-refractivity contribution in [2.24, 2.45) is 5.92 Å². The highest BCUT2D eigenvalue weighted by molar-refractivity contribution is 6.04. The second-order valence-corrected chi connectivity index (χ2v) is 7.44. The van der Waals surface area contributed by atoms with Crippen molar-refractivity contribution in [2.45, 2.75) is 38.5 Å². The zero-order chi connectivity index (χ0) is 19.2. The van der Waals surface area contributed by atoms with Crippen molar-refractivity contribution >= 4 is 11.7 Å². The molecule has 0 radical (unpaired) electrons. The number of carbonyl (C=O) groups excluding carboxylic acids is 1. The van der Waals surface area contributed by atoms with Crippen LogP contribution in [0.3, 0.4) is 0 Å². The van der Waals surface area contributed by atoms with E-state index in [1.807, 2.05) is 60.7 Å². The van der Waals surface area contributed by atoms with Crippen molar-refractivity contribution in [3.8, 4) is 11.3 Å². The molecule has 1 aromatic heterocycles. The molecule has 3 aromatic rings. The van der Waals surface area contributed by atoms with E-state index in [1.54, 1.807) is 6.20 Å². The molecule has 1 saturated carbocycles. The summed E-state index contributed by atoms with van der Waals surface area (Å²) in [5.74, 6) is 1.05. The van der Waals surface area contributed by atoms with Gasteiger partial charge in [-0.3, -0.25) is 4.79 Å². The van der Waals surface area contributed by atoms with Crippen LogP contribution in [0.25, 0.3) is 11.3 Å². The van der Waals surface area contributed by atoms with Gasteiger partial charge in [0.1, 0.15) is 0 Å². The van der Waals surface area contributed by atoms with E-state index in [9.17, 15) is 4.79 Å². The molecule has 4 nitrogen and oxygen atoms in total. The van der Waals surface area contributed by atoms with Crippen LogP contribution in [0.15, 0.2) is 66.9 Å². The highest BCUT2D eigenvalue weighted by atomic mass is 16.1. The van der Waals surface area contributed by atoms with Crippen molar-refractivity contribution in [1.82, 2.24) is 9.97 Å². The van der Waals surface area contributed by atoms with Gasteiger partial charge < -0.3 is 5.32 Å². The van der Waals surface area contributed by atoms with Gasteiger partial charge >= 0.3 is 0 Å². The van der Waals surface area contributed by atoms with Crippen LogP contribution in [0.2, 0.25) is 0 Å². The Morgan fingerprint density at radius 1 is 0.929 bits per heavy atom. The Balaban J connectivity index is 1.63. The zero-order valence-corrected chi connectivity index (χ0v) is 16.0. The predicted molar refractivity (Wildman–Crippen MR) is 112 cm³/mol. The van der Waals surface area contributed by atoms with Crippen molar-refractivity contribution in [1.29, 1.82) is 0 Å². The third-order valence-corrected chi connectivity index (χ3v) is 5.39. The molecule has 4 rings (SSSR count). The van der Waals surface area contributed by atoms with Gasteiger partial charge in [0.05, 0.1) is 17.6 Å². The number of anilines is 1. The van der Waals surface area contributed by atoms with Gasteiger partial charge in [0.25, 0.3) is 5.91 Å². The summed E-state index contributed by atoms with van der Waals surface area (Å²) >= 11 is 0. The maximum absolute atomic E-state index is 12.6. The second-order valence-electron chi connectivity index (χ2n) is 7.44. The topological polar surface area (TPSA) is 54.9 Å². The fourth-order valence-corrected chi connectivity index (χ4v) is 3.86. The molecule has 4 heteroatoms. The summed E-state index contributed by atoms with van der Waals surface area (Å²) in [5, 5.41) is 2.98. The Morgan fingerprint density at radius 2 is 1.61 bits per heavy atom. The summed E-state index contributed by atoms with van der Waals surface area (Å²) in [6, 6.07) is 19.3. The smallest absolute Gasteiger partial charge is 0.256 e. The van der Waals surface area contributed by atoms with E-state index in [1.165, 1.54) is 32.1 Å². The molecule has 1 heterocycles. The van der Waals surface area contributed by atoms with Gasteiger partial charge in [0.15, 0.2) is 5.82 Å². The van der Waals surface area contributed by atoms with Gasteiger partial charge in [0.2, 0.25) is 0 Å². The Morgan fingerprint density at radius 3 is 2.32 bits per heavy atom. The molecule has 0 spiro atoms. The lowest BCUT2D eigenvalue weighted by molar-refractivity contribution is 0.102. The molecule has 1 aliphatic carbocycles. The second kappa shape index (κ2) is 8.79. The SMILES string of the molecule is O=C(Nc1ncc(-c2ccccc2)nc1CC1CCCCC1)c1ccccc1. The Kier molecular flexibility index (Phi) is 5.76. The van der Waals surface area contributed by atoms with Crippen LogP contribution >= 0.6 is 0 Å². The number of nitrogens with zero attached hydrogens (tertiary/aromatic N) is 2. The van der Waals surface area contributed by atoms with Crippen LogP contribution in [-0.4, -0.2) is 15.9 Å². The summed E-state index contributed by atoms with van der Waals surface area (Å²) in [6.07, 6.45) is 8.94. The molecule has 0 aliphatic heterocycles. The number of aromatic nitrogens is 2. The van der Waals surface area contributed by atoms with Crippen LogP contribution in [0.4, 0.5) is 5.82 Å². The Bertz CT molecular complexity index is 919. The molecule has 0 unspecified atom stereocenters. The van der Waals surface area contributed by atoms with Crippen LogP contribution in [0.5, 0.6) is 0 Å². The normalized spacial score (nSPS) is 14.6. The number of hydrogen-bond acceptors (Lipinski definition) is 3. The van der Waals surface area contributed by atoms with Gasteiger partial charge in [0, 0.05) is 11.1 Å². The van der Waals surface area contributed by atoms with Gasteiger partial charge in [-0.25, -0.2) is 9.97 Å². The van der Waals surface area contributed by atoms with E-state index < -0.39 is 0 Å². The maximum Gasteiger partial charge on any atom is 0.256 e. The van der Waals surface area contributed by atoms with Crippen LogP contribution in [-0.2, 0) is 6.42 Å². The fraction of sp³-hybridized carbons (Fsp3) is 0.292. The number of hydrogen-bond donors (Lipinski definition) is 1. The Hall–Kier alpha value is -3.01. The molecule has 1 amide bonds. The monoisotopic (exact) mass is 371 g/mol. The first kappa shape index (κ1) is 18.4. The van der Waals surface area contributed by atoms with E-state index in [4.69, 9.17) is 4.98 Å². The van der Waals surface area contributed by atoms with Crippen molar-refractivity contribution < 1.29 is 4.79 Å². The fourth-order valence-electron chi connectivity index (χ4n) is 3.86.